The third-order valence-corrected chi connectivity index (χ3v) is 4.52. The maximum absolute atomic E-state index is 12.7. The molecule has 0 bridgehead atoms. The van der Waals surface area contributed by atoms with Gasteiger partial charge in [-0.05, 0) is 42.7 Å². The van der Waals surface area contributed by atoms with Crippen LogP contribution < -0.4 is 15.0 Å². The SMILES string of the molecule is CC1Oc2ccc(CC(=O)N3CCc4ccccc43)cc2NC1=O. The molecule has 24 heavy (non-hydrogen) atoms. The first-order valence-electron chi connectivity index (χ1n) is 8.10. The summed E-state index contributed by atoms with van der Waals surface area (Å²) < 4.78 is 5.54. The van der Waals surface area contributed by atoms with Gasteiger partial charge in [-0.15, -0.1) is 0 Å². The molecule has 5 nitrogen and oxygen atoms in total. The summed E-state index contributed by atoms with van der Waals surface area (Å²) in [6, 6.07) is 13.5. The maximum Gasteiger partial charge on any atom is 0.265 e. The lowest BCUT2D eigenvalue weighted by molar-refractivity contribution is -0.122. The van der Waals surface area contributed by atoms with Crippen molar-refractivity contribution in [3.05, 3.63) is 53.6 Å². The van der Waals surface area contributed by atoms with Crippen molar-refractivity contribution in [3.63, 3.8) is 0 Å². The monoisotopic (exact) mass is 322 g/mol. The van der Waals surface area contributed by atoms with Gasteiger partial charge >= 0.3 is 0 Å². The first kappa shape index (κ1) is 14.8. The summed E-state index contributed by atoms with van der Waals surface area (Å²) in [7, 11) is 0. The largest absolute Gasteiger partial charge is 0.479 e. The minimum Gasteiger partial charge on any atom is -0.479 e. The summed E-state index contributed by atoms with van der Waals surface area (Å²) in [6.45, 7) is 2.43. The summed E-state index contributed by atoms with van der Waals surface area (Å²) in [5.74, 6) is 0.542. The predicted molar refractivity (Wildman–Crippen MR) is 91.4 cm³/mol. The highest BCUT2D eigenvalue weighted by Crippen LogP contribution is 2.32. The molecule has 0 saturated heterocycles. The number of benzene rings is 2. The van der Waals surface area contributed by atoms with E-state index in [1.807, 2.05) is 41.3 Å². The number of anilines is 2. The molecule has 122 valence electrons. The molecule has 1 N–H and O–H groups in total. The van der Waals surface area contributed by atoms with Gasteiger partial charge in [0.15, 0.2) is 6.10 Å². The number of carbonyl (C=O) groups is 2. The van der Waals surface area contributed by atoms with Crippen molar-refractivity contribution >= 4 is 23.2 Å². The Balaban J connectivity index is 1.53. The van der Waals surface area contributed by atoms with E-state index in [4.69, 9.17) is 4.74 Å². The lowest BCUT2D eigenvalue weighted by Crippen LogP contribution is -2.34. The van der Waals surface area contributed by atoms with Crippen LogP contribution in [0.3, 0.4) is 0 Å². The number of para-hydroxylation sites is 1. The molecule has 4 rings (SSSR count). The Morgan fingerprint density at radius 3 is 3.00 bits per heavy atom. The van der Waals surface area contributed by atoms with E-state index >= 15 is 0 Å². The van der Waals surface area contributed by atoms with Crippen LogP contribution >= 0.6 is 0 Å². The van der Waals surface area contributed by atoms with Gasteiger partial charge in [0.25, 0.3) is 5.91 Å². The number of fused-ring (bicyclic) bond motifs is 2. The number of rotatable bonds is 2. The van der Waals surface area contributed by atoms with Crippen molar-refractivity contribution in [3.8, 4) is 5.75 Å². The standard InChI is InChI=1S/C19H18N2O3/c1-12-19(23)20-15-10-13(6-7-17(15)24-12)11-18(22)21-9-8-14-4-2-3-5-16(14)21/h2-7,10,12H,8-9,11H2,1H3,(H,20,23). The number of hydrogen-bond donors (Lipinski definition) is 1. The van der Waals surface area contributed by atoms with Crippen LogP contribution in [0.15, 0.2) is 42.5 Å². The molecule has 0 spiro atoms. The van der Waals surface area contributed by atoms with E-state index in [-0.39, 0.29) is 11.8 Å². The third-order valence-electron chi connectivity index (χ3n) is 4.52. The lowest BCUT2D eigenvalue weighted by Gasteiger charge is -2.24. The number of hydrogen-bond acceptors (Lipinski definition) is 3. The molecule has 1 atom stereocenters. The number of amides is 2. The van der Waals surface area contributed by atoms with E-state index in [0.29, 0.717) is 17.9 Å². The van der Waals surface area contributed by atoms with Gasteiger partial charge in [0.2, 0.25) is 5.91 Å². The Morgan fingerprint density at radius 1 is 1.29 bits per heavy atom. The molecular weight excluding hydrogens is 304 g/mol. The molecule has 2 aromatic rings. The second-order valence-corrected chi connectivity index (χ2v) is 6.18. The van der Waals surface area contributed by atoms with Gasteiger partial charge in [0.1, 0.15) is 5.75 Å². The molecule has 0 aliphatic carbocycles. The summed E-state index contributed by atoms with van der Waals surface area (Å²) in [6.07, 6.45) is 0.701. The highest BCUT2D eigenvalue weighted by atomic mass is 16.5. The Kier molecular flexibility index (Phi) is 3.49. The van der Waals surface area contributed by atoms with Crippen molar-refractivity contribution < 1.29 is 14.3 Å². The molecule has 2 aliphatic rings. The van der Waals surface area contributed by atoms with Crippen LogP contribution in [0.2, 0.25) is 0 Å². The average molecular weight is 322 g/mol. The first-order chi connectivity index (χ1) is 11.6. The van der Waals surface area contributed by atoms with Crippen LogP contribution in [0.4, 0.5) is 11.4 Å². The second kappa shape index (κ2) is 5.67. The third kappa shape index (κ3) is 2.52. The summed E-state index contributed by atoms with van der Waals surface area (Å²) in [4.78, 5) is 26.2. The van der Waals surface area contributed by atoms with Crippen molar-refractivity contribution in [1.82, 2.24) is 0 Å². The molecule has 5 heteroatoms. The predicted octanol–water partition coefficient (Wildman–Crippen LogP) is 2.54. The van der Waals surface area contributed by atoms with E-state index < -0.39 is 6.10 Å². The van der Waals surface area contributed by atoms with Gasteiger partial charge in [-0.25, -0.2) is 0 Å². The van der Waals surface area contributed by atoms with E-state index in [0.717, 1.165) is 24.2 Å². The van der Waals surface area contributed by atoms with Gasteiger partial charge < -0.3 is 15.0 Å². The number of carbonyl (C=O) groups excluding carboxylic acids is 2. The fourth-order valence-electron chi connectivity index (χ4n) is 3.23. The van der Waals surface area contributed by atoms with E-state index in [9.17, 15) is 9.59 Å². The minimum absolute atomic E-state index is 0.0660. The minimum atomic E-state index is -0.494. The highest BCUT2D eigenvalue weighted by molar-refractivity contribution is 5.99. The molecule has 1 unspecified atom stereocenters. The van der Waals surface area contributed by atoms with E-state index in [2.05, 4.69) is 11.4 Å². The zero-order valence-electron chi connectivity index (χ0n) is 13.4. The van der Waals surface area contributed by atoms with Gasteiger partial charge in [-0.2, -0.15) is 0 Å². The highest BCUT2D eigenvalue weighted by Gasteiger charge is 2.26. The fourth-order valence-corrected chi connectivity index (χ4v) is 3.23. The summed E-state index contributed by atoms with van der Waals surface area (Å²) in [5, 5.41) is 2.82. The molecule has 0 radical (unpaired) electrons. The number of nitrogens with one attached hydrogen (secondary N) is 1. The van der Waals surface area contributed by atoms with Gasteiger partial charge in [-0.3, -0.25) is 9.59 Å². The fraction of sp³-hybridized carbons (Fsp3) is 0.263. The molecule has 2 aliphatic heterocycles. The molecule has 2 aromatic carbocycles. The maximum atomic E-state index is 12.7. The molecule has 0 fully saturated rings. The average Bonchev–Trinajstić information content (AvgIpc) is 3.00. The molecule has 0 saturated carbocycles. The smallest absolute Gasteiger partial charge is 0.265 e. The van der Waals surface area contributed by atoms with Crippen LogP contribution in [0.5, 0.6) is 5.75 Å². The molecule has 2 amide bonds. The number of ether oxygens (including phenoxy) is 1. The number of nitrogens with zero attached hydrogens (tertiary/aromatic N) is 1. The van der Waals surface area contributed by atoms with Crippen molar-refractivity contribution in [2.24, 2.45) is 0 Å². The molecular formula is C19H18N2O3. The zero-order valence-corrected chi connectivity index (χ0v) is 13.4. The first-order valence-corrected chi connectivity index (χ1v) is 8.10. The van der Waals surface area contributed by atoms with Crippen LogP contribution in [-0.2, 0) is 22.4 Å². The quantitative estimate of drug-likeness (QED) is 0.924. The molecule has 0 aromatic heterocycles. The Bertz CT molecular complexity index is 831. The van der Waals surface area contributed by atoms with Crippen molar-refractivity contribution in [1.29, 1.82) is 0 Å². The summed E-state index contributed by atoms with van der Waals surface area (Å²) >= 11 is 0. The van der Waals surface area contributed by atoms with Gasteiger partial charge in [-0.1, -0.05) is 24.3 Å². The van der Waals surface area contributed by atoms with E-state index in [1.54, 1.807) is 6.92 Å². The van der Waals surface area contributed by atoms with Crippen LogP contribution in [-0.4, -0.2) is 24.5 Å². The van der Waals surface area contributed by atoms with Crippen LogP contribution in [0, 0.1) is 0 Å². The zero-order chi connectivity index (χ0) is 16.7. The Hall–Kier alpha value is -2.82. The van der Waals surface area contributed by atoms with Crippen LogP contribution in [0.25, 0.3) is 0 Å². The molecule has 2 heterocycles. The van der Waals surface area contributed by atoms with Crippen molar-refractivity contribution in [2.45, 2.75) is 25.9 Å². The van der Waals surface area contributed by atoms with Gasteiger partial charge in [0, 0.05) is 12.2 Å². The normalized spacial score (nSPS) is 18.5. The van der Waals surface area contributed by atoms with Crippen LogP contribution in [0.1, 0.15) is 18.1 Å². The van der Waals surface area contributed by atoms with E-state index in [1.165, 1.54) is 5.56 Å². The Labute approximate surface area is 140 Å². The lowest BCUT2D eigenvalue weighted by atomic mass is 10.1. The van der Waals surface area contributed by atoms with Gasteiger partial charge in [0.05, 0.1) is 12.1 Å². The summed E-state index contributed by atoms with van der Waals surface area (Å²) in [5.41, 5.74) is 3.71. The second-order valence-electron chi connectivity index (χ2n) is 6.18. The topological polar surface area (TPSA) is 58.6 Å². The Morgan fingerprint density at radius 2 is 2.12 bits per heavy atom. The van der Waals surface area contributed by atoms with Crippen molar-refractivity contribution in [2.75, 3.05) is 16.8 Å².